The highest BCUT2D eigenvalue weighted by molar-refractivity contribution is 5.94. The molecule has 0 bridgehead atoms. The number of benzene rings is 1. The van der Waals surface area contributed by atoms with Crippen molar-refractivity contribution in [1.29, 1.82) is 0 Å². The van der Waals surface area contributed by atoms with E-state index < -0.39 is 5.97 Å². The van der Waals surface area contributed by atoms with Gasteiger partial charge in [0.2, 0.25) is 6.41 Å². The molecule has 0 saturated heterocycles. The van der Waals surface area contributed by atoms with Gasteiger partial charge in [0.1, 0.15) is 23.7 Å². The number of ether oxygens (including phenoxy) is 3. The fourth-order valence-corrected chi connectivity index (χ4v) is 1.43. The Morgan fingerprint density at radius 3 is 2.43 bits per heavy atom. The van der Waals surface area contributed by atoms with Crippen LogP contribution in [0.4, 0.5) is 0 Å². The fraction of sp³-hybridized carbons (Fsp3) is 0.400. The molecule has 1 amide bonds. The number of hydrogen-bond donors (Lipinski definition) is 2. The van der Waals surface area contributed by atoms with Crippen molar-refractivity contribution in [2.75, 3.05) is 21.0 Å². The third-order valence-corrected chi connectivity index (χ3v) is 2.51. The quantitative estimate of drug-likeness (QED) is 0.233. The highest BCUT2D eigenvalue weighted by Gasteiger charge is 2.04. The first-order valence-electron chi connectivity index (χ1n) is 6.71. The maximum Gasteiger partial charge on any atom is 0.315 e. The Morgan fingerprint density at radius 1 is 1.26 bits per heavy atom. The van der Waals surface area contributed by atoms with E-state index in [0.717, 1.165) is 17.1 Å². The lowest BCUT2D eigenvalue weighted by Crippen LogP contribution is -2.20. The summed E-state index contributed by atoms with van der Waals surface area (Å²) in [5, 5.41) is 2.12. The summed E-state index contributed by atoms with van der Waals surface area (Å²) in [7, 11) is 3.24. The van der Waals surface area contributed by atoms with Gasteiger partial charge in [0.05, 0.1) is 14.2 Å². The van der Waals surface area contributed by atoms with Gasteiger partial charge in [0, 0.05) is 18.2 Å². The van der Waals surface area contributed by atoms with Crippen molar-refractivity contribution in [1.82, 2.24) is 5.32 Å². The molecule has 1 aromatic carbocycles. The van der Waals surface area contributed by atoms with E-state index in [-0.39, 0.29) is 18.9 Å². The summed E-state index contributed by atoms with van der Waals surface area (Å²) >= 11 is 0. The van der Waals surface area contributed by atoms with Gasteiger partial charge in [-0.3, -0.25) is 14.4 Å². The normalized spacial score (nSPS) is 9.04. The Bertz CT molecular complexity index is 519. The molecule has 23 heavy (non-hydrogen) atoms. The zero-order valence-corrected chi connectivity index (χ0v) is 13.5. The number of ketones is 1. The van der Waals surface area contributed by atoms with Crippen LogP contribution in [0.25, 0.3) is 0 Å². The summed E-state index contributed by atoms with van der Waals surface area (Å²) < 4.78 is 14.5. The Kier molecular flexibility index (Phi) is 10.6. The first kappa shape index (κ1) is 20.4. The van der Waals surface area contributed by atoms with Crippen LogP contribution in [-0.2, 0) is 25.7 Å². The van der Waals surface area contributed by atoms with E-state index in [1.54, 1.807) is 14.2 Å². The molecular formula is C15H22N2O6. The van der Waals surface area contributed by atoms with Gasteiger partial charge in [0.15, 0.2) is 6.73 Å². The van der Waals surface area contributed by atoms with Crippen LogP contribution in [0, 0.1) is 0 Å². The van der Waals surface area contributed by atoms with Crippen LogP contribution in [0.15, 0.2) is 18.2 Å². The lowest BCUT2D eigenvalue weighted by atomic mass is 10.2. The second kappa shape index (κ2) is 12.0. The van der Waals surface area contributed by atoms with E-state index in [9.17, 15) is 14.4 Å². The van der Waals surface area contributed by atoms with E-state index in [1.807, 2.05) is 18.2 Å². The molecule has 0 aromatic heterocycles. The van der Waals surface area contributed by atoms with E-state index >= 15 is 0 Å². The smallest absolute Gasteiger partial charge is 0.315 e. The fourth-order valence-electron chi connectivity index (χ4n) is 1.43. The Balaban J connectivity index is 0.000000423. The zero-order chi connectivity index (χ0) is 17.7. The first-order valence-corrected chi connectivity index (χ1v) is 6.71. The van der Waals surface area contributed by atoms with E-state index in [4.69, 9.17) is 15.2 Å². The molecule has 128 valence electrons. The minimum absolute atomic E-state index is 0.185. The molecule has 8 heteroatoms. The molecular weight excluding hydrogens is 304 g/mol. The molecule has 0 fully saturated rings. The van der Waals surface area contributed by atoms with E-state index in [2.05, 4.69) is 10.1 Å². The highest BCUT2D eigenvalue weighted by atomic mass is 16.5. The number of nitrogens with two attached hydrogens (primary N) is 1. The third kappa shape index (κ3) is 9.10. The topological polar surface area (TPSA) is 117 Å². The van der Waals surface area contributed by atoms with Crippen LogP contribution in [0.3, 0.4) is 0 Å². The Labute approximate surface area is 134 Å². The van der Waals surface area contributed by atoms with Crippen molar-refractivity contribution < 1.29 is 28.6 Å². The van der Waals surface area contributed by atoms with Crippen LogP contribution in [-0.4, -0.2) is 39.1 Å². The summed E-state index contributed by atoms with van der Waals surface area (Å²) in [6, 6.07) is 5.59. The monoisotopic (exact) mass is 326 g/mol. The van der Waals surface area contributed by atoms with Crippen molar-refractivity contribution in [2.45, 2.75) is 19.9 Å². The summed E-state index contributed by atoms with van der Waals surface area (Å²) in [6.07, 6.45) is 0.154. The second-order valence-corrected chi connectivity index (χ2v) is 4.24. The van der Waals surface area contributed by atoms with E-state index in [1.165, 1.54) is 6.92 Å². The van der Waals surface area contributed by atoms with Crippen LogP contribution in [0.1, 0.15) is 18.9 Å². The van der Waals surface area contributed by atoms with Crippen LogP contribution < -0.4 is 20.5 Å². The standard InChI is InChI=1S/C9H13NO2.C6H9NO4/c1-11-8-4-3-7(6-10)9(5-8)12-2;1-5(9)2-6(10)11-4-7-3-8/h3-5H,6,10H2,1-2H3;3H,2,4H2,1H3,(H,7,8). The lowest BCUT2D eigenvalue weighted by molar-refractivity contribution is -0.146. The van der Waals surface area contributed by atoms with Gasteiger partial charge < -0.3 is 25.3 Å². The number of methoxy groups -OCH3 is 2. The van der Waals surface area contributed by atoms with Crippen molar-refractivity contribution in [2.24, 2.45) is 5.73 Å². The molecule has 3 N–H and O–H groups in total. The number of carbonyl (C=O) groups is 3. The predicted molar refractivity (Wildman–Crippen MR) is 82.9 cm³/mol. The summed E-state index contributed by atoms with van der Waals surface area (Å²) in [4.78, 5) is 30.5. The van der Waals surface area contributed by atoms with Crippen molar-refractivity contribution in [3.8, 4) is 11.5 Å². The van der Waals surface area contributed by atoms with Crippen LogP contribution in [0.5, 0.6) is 11.5 Å². The number of nitrogens with one attached hydrogen (secondary N) is 1. The molecule has 0 radical (unpaired) electrons. The minimum atomic E-state index is -0.633. The first-order chi connectivity index (χ1) is 11.0. The van der Waals surface area contributed by atoms with Crippen molar-refractivity contribution in [3.63, 3.8) is 0 Å². The van der Waals surface area contributed by atoms with Gasteiger partial charge in [-0.2, -0.15) is 0 Å². The molecule has 0 aliphatic carbocycles. The third-order valence-electron chi connectivity index (χ3n) is 2.51. The average molecular weight is 326 g/mol. The van der Waals surface area contributed by atoms with Gasteiger partial charge in [0.25, 0.3) is 0 Å². The van der Waals surface area contributed by atoms with Gasteiger partial charge in [-0.05, 0) is 13.0 Å². The average Bonchev–Trinajstić information content (AvgIpc) is 2.54. The van der Waals surface area contributed by atoms with Gasteiger partial charge in [-0.15, -0.1) is 0 Å². The molecule has 0 unspecified atom stereocenters. The SMILES string of the molecule is CC(=O)CC(=O)OCNC=O.COc1ccc(CN)c(OC)c1. The Hall–Kier alpha value is -2.61. The lowest BCUT2D eigenvalue weighted by Gasteiger charge is -2.07. The largest absolute Gasteiger partial charge is 0.497 e. The van der Waals surface area contributed by atoms with Crippen LogP contribution >= 0.6 is 0 Å². The Morgan fingerprint density at radius 2 is 1.96 bits per heavy atom. The number of Topliss-reactive ketones (excluding diaryl/α,β-unsaturated/α-hetero) is 1. The summed E-state index contributed by atoms with van der Waals surface area (Å²) in [5.74, 6) is 0.661. The highest BCUT2D eigenvalue weighted by Crippen LogP contribution is 2.23. The number of rotatable bonds is 8. The molecule has 1 aromatic rings. The van der Waals surface area contributed by atoms with Gasteiger partial charge >= 0.3 is 5.97 Å². The van der Waals surface area contributed by atoms with Crippen LogP contribution in [0.2, 0.25) is 0 Å². The molecule has 0 atom stereocenters. The molecule has 0 saturated carbocycles. The molecule has 0 spiro atoms. The maximum atomic E-state index is 10.5. The van der Waals surface area contributed by atoms with Crippen molar-refractivity contribution in [3.05, 3.63) is 23.8 Å². The van der Waals surface area contributed by atoms with E-state index in [0.29, 0.717) is 13.0 Å². The molecule has 0 aliphatic heterocycles. The van der Waals surface area contributed by atoms with Crippen molar-refractivity contribution >= 4 is 18.2 Å². The summed E-state index contributed by atoms with van der Waals surface area (Å²) in [5.41, 5.74) is 6.48. The second-order valence-electron chi connectivity index (χ2n) is 4.24. The minimum Gasteiger partial charge on any atom is -0.497 e. The number of amides is 1. The predicted octanol–water partition coefficient (Wildman–Crippen LogP) is 0.375. The number of hydrogen-bond acceptors (Lipinski definition) is 7. The number of esters is 1. The maximum absolute atomic E-state index is 10.5. The summed E-state index contributed by atoms with van der Waals surface area (Å²) in [6.45, 7) is 1.58. The molecule has 1 rings (SSSR count). The van der Waals surface area contributed by atoms with Gasteiger partial charge in [-0.1, -0.05) is 6.07 Å². The molecule has 0 heterocycles. The van der Waals surface area contributed by atoms with Gasteiger partial charge in [-0.25, -0.2) is 0 Å². The molecule has 8 nitrogen and oxygen atoms in total. The number of carbonyl (C=O) groups excluding carboxylic acids is 3. The zero-order valence-electron chi connectivity index (χ0n) is 13.5. The molecule has 0 aliphatic rings.